The molecule has 0 atom stereocenters. The number of anilines is 3. The standard InChI is InChI=1S/C47H30N2O/c1-3-11-34-27-36(19-17-31(34)9-1)33-21-23-39(24-22-33)49(44-16-8-7-14-41(44)37-20-18-32-10-2-4-12-35(32)28-37)40-25-26-45-43(29-40)46-47(50-45)42-15-6-5-13-38(42)30-48-46/h1-30H. The molecular weight excluding hydrogens is 609 g/mol. The maximum atomic E-state index is 6.46. The molecule has 0 aliphatic rings. The van der Waals surface area contributed by atoms with E-state index >= 15 is 0 Å². The summed E-state index contributed by atoms with van der Waals surface area (Å²) in [6.07, 6.45) is 1.94. The van der Waals surface area contributed by atoms with Gasteiger partial charge in [0.2, 0.25) is 0 Å². The minimum Gasteiger partial charge on any atom is -0.454 e. The molecule has 10 rings (SSSR count). The third-order valence-electron chi connectivity index (χ3n) is 9.86. The van der Waals surface area contributed by atoms with Crippen LogP contribution in [-0.2, 0) is 0 Å². The van der Waals surface area contributed by atoms with Gasteiger partial charge in [0, 0.05) is 39.3 Å². The van der Waals surface area contributed by atoms with Crippen LogP contribution in [0.1, 0.15) is 0 Å². The lowest BCUT2D eigenvalue weighted by atomic mass is 9.98. The molecule has 0 unspecified atom stereocenters. The fraction of sp³-hybridized carbons (Fsp3) is 0. The van der Waals surface area contributed by atoms with Crippen molar-refractivity contribution in [3.05, 3.63) is 182 Å². The number of furan rings is 1. The highest BCUT2D eigenvalue weighted by Gasteiger charge is 2.20. The van der Waals surface area contributed by atoms with Crippen LogP contribution in [0.15, 0.2) is 187 Å². The number of rotatable bonds is 5. The maximum Gasteiger partial charge on any atom is 0.161 e. The lowest BCUT2D eigenvalue weighted by Crippen LogP contribution is -2.11. The van der Waals surface area contributed by atoms with Gasteiger partial charge in [-0.05, 0) is 86.8 Å². The fourth-order valence-corrected chi connectivity index (χ4v) is 7.34. The van der Waals surface area contributed by atoms with Crippen molar-refractivity contribution < 1.29 is 4.42 Å². The third-order valence-corrected chi connectivity index (χ3v) is 9.86. The first kappa shape index (κ1) is 28.3. The summed E-state index contributed by atoms with van der Waals surface area (Å²) >= 11 is 0. The minimum atomic E-state index is 0.818. The molecule has 0 saturated carbocycles. The molecule has 3 nitrogen and oxygen atoms in total. The molecule has 10 aromatic rings. The van der Waals surface area contributed by atoms with Crippen LogP contribution < -0.4 is 4.90 Å². The van der Waals surface area contributed by atoms with E-state index in [1.807, 2.05) is 18.3 Å². The van der Waals surface area contributed by atoms with Crippen molar-refractivity contribution in [2.24, 2.45) is 0 Å². The molecule has 0 amide bonds. The second kappa shape index (κ2) is 11.5. The zero-order valence-corrected chi connectivity index (χ0v) is 27.1. The molecular formula is C47H30N2O. The maximum absolute atomic E-state index is 6.46. The first-order valence-electron chi connectivity index (χ1n) is 16.9. The second-order valence-electron chi connectivity index (χ2n) is 12.8. The van der Waals surface area contributed by atoms with Gasteiger partial charge in [-0.15, -0.1) is 0 Å². The summed E-state index contributed by atoms with van der Waals surface area (Å²) in [5.41, 5.74) is 10.4. The van der Waals surface area contributed by atoms with E-state index in [0.29, 0.717) is 0 Å². The molecule has 2 heterocycles. The number of fused-ring (bicyclic) bond motifs is 7. The van der Waals surface area contributed by atoms with Gasteiger partial charge in [-0.1, -0.05) is 127 Å². The van der Waals surface area contributed by atoms with Gasteiger partial charge in [-0.25, -0.2) is 0 Å². The Morgan fingerprint density at radius 1 is 0.420 bits per heavy atom. The Hall–Kier alpha value is -6.71. The van der Waals surface area contributed by atoms with E-state index in [4.69, 9.17) is 9.40 Å². The Morgan fingerprint density at radius 3 is 1.80 bits per heavy atom. The van der Waals surface area contributed by atoms with Gasteiger partial charge in [0.05, 0.1) is 5.69 Å². The van der Waals surface area contributed by atoms with Crippen molar-refractivity contribution in [3.8, 4) is 22.3 Å². The lowest BCUT2D eigenvalue weighted by Gasteiger charge is -2.28. The Labute approximate surface area is 289 Å². The molecule has 0 radical (unpaired) electrons. The van der Waals surface area contributed by atoms with Crippen molar-refractivity contribution in [1.82, 2.24) is 4.98 Å². The zero-order chi connectivity index (χ0) is 33.0. The number of nitrogens with zero attached hydrogens (tertiary/aromatic N) is 2. The largest absolute Gasteiger partial charge is 0.454 e. The second-order valence-corrected chi connectivity index (χ2v) is 12.8. The predicted octanol–water partition coefficient (Wildman–Crippen LogP) is 13.2. The van der Waals surface area contributed by atoms with Gasteiger partial charge in [0.25, 0.3) is 0 Å². The van der Waals surface area contributed by atoms with Gasteiger partial charge in [-0.2, -0.15) is 0 Å². The number of hydrogen-bond acceptors (Lipinski definition) is 3. The van der Waals surface area contributed by atoms with E-state index in [1.165, 1.54) is 38.2 Å². The summed E-state index contributed by atoms with van der Waals surface area (Å²) in [6.45, 7) is 0. The Balaban J connectivity index is 1.16. The smallest absolute Gasteiger partial charge is 0.161 e. The van der Waals surface area contributed by atoms with E-state index in [-0.39, 0.29) is 0 Å². The highest BCUT2D eigenvalue weighted by molar-refractivity contribution is 6.13. The summed E-state index contributed by atoms with van der Waals surface area (Å²) in [6, 6.07) is 62.7. The molecule has 0 saturated heterocycles. The van der Waals surface area contributed by atoms with Crippen LogP contribution >= 0.6 is 0 Å². The van der Waals surface area contributed by atoms with Gasteiger partial charge in [-0.3, -0.25) is 4.98 Å². The molecule has 2 aromatic heterocycles. The summed E-state index contributed by atoms with van der Waals surface area (Å²) in [5.74, 6) is 0. The normalized spacial score (nSPS) is 11.6. The zero-order valence-electron chi connectivity index (χ0n) is 27.1. The molecule has 0 aliphatic carbocycles. The van der Waals surface area contributed by atoms with Crippen LogP contribution in [0.25, 0.3) is 76.6 Å². The Bertz CT molecular complexity index is 2890. The van der Waals surface area contributed by atoms with Gasteiger partial charge >= 0.3 is 0 Å². The molecule has 3 heteroatoms. The van der Waals surface area contributed by atoms with Crippen LogP contribution in [0.3, 0.4) is 0 Å². The van der Waals surface area contributed by atoms with E-state index in [2.05, 4.69) is 169 Å². The molecule has 0 N–H and O–H groups in total. The molecule has 0 aliphatic heterocycles. The average Bonchev–Trinajstić information content (AvgIpc) is 3.57. The fourth-order valence-electron chi connectivity index (χ4n) is 7.34. The predicted molar refractivity (Wildman–Crippen MR) is 210 cm³/mol. The van der Waals surface area contributed by atoms with Crippen molar-refractivity contribution in [1.29, 1.82) is 0 Å². The van der Waals surface area contributed by atoms with Gasteiger partial charge < -0.3 is 9.32 Å². The van der Waals surface area contributed by atoms with Crippen LogP contribution in [0, 0.1) is 0 Å². The molecule has 0 bridgehead atoms. The molecule has 50 heavy (non-hydrogen) atoms. The number of benzene rings is 8. The summed E-state index contributed by atoms with van der Waals surface area (Å²) in [5, 5.41) is 8.05. The SMILES string of the molecule is c1ccc(N(c2ccc(-c3ccc4ccccc4c3)cc2)c2ccc3oc4c5ccccc5cnc4c3c2)c(-c2ccc3ccccc3c2)c1. The highest BCUT2D eigenvalue weighted by atomic mass is 16.3. The van der Waals surface area contributed by atoms with Crippen molar-refractivity contribution in [2.75, 3.05) is 4.90 Å². The van der Waals surface area contributed by atoms with Crippen molar-refractivity contribution in [3.63, 3.8) is 0 Å². The number of para-hydroxylation sites is 1. The molecule has 0 spiro atoms. The molecule has 0 fully saturated rings. The lowest BCUT2D eigenvalue weighted by molar-refractivity contribution is 0.672. The minimum absolute atomic E-state index is 0.818. The summed E-state index contributed by atoms with van der Waals surface area (Å²) in [4.78, 5) is 7.25. The quantitative estimate of drug-likeness (QED) is 0.188. The van der Waals surface area contributed by atoms with Gasteiger partial charge in [0.15, 0.2) is 5.58 Å². The van der Waals surface area contributed by atoms with Gasteiger partial charge in [0.1, 0.15) is 11.1 Å². The first-order valence-corrected chi connectivity index (χ1v) is 16.9. The van der Waals surface area contributed by atoms with Crippen LogP contribution in [0.2, 0.25) is 0 Å². The monoisotopic (exact) mass is 638 g/mol. The molecule has 234 valence electrons. The van der Waals surface area contributed by atoms with Crippen molar-refractivity contribution >= 4 is 71.4 Å². The van der Waals surface area contributed by atoms with E-state index in [1.54, 1.807) is 0 Å². The topological polar surface area (TPSA) is 29.3 Å². The van der Waals surface area contributed by atoms with Crippen LogP contribution in [-0.4, -0.2) is 4.98 Å². The van der Waals surface area contributed by atoms with E-state index in [9.17, 15) is 0 Å². The van der Waals surface area contributed by atoms with E-state index in [0.717, 1.165) is 55.5 Å². The van der Waals surface area contributed by atoms with E-state index < -0.39 is 0 Å². The Kier molecular flexibility index (Phi) is 6.49. The highest BCUT2D eigenvalue weighted by Crippen LogP contribution is 2.44. The summed E-state index contributed by atoms with van der Waals surface area (Å²) < 4.78 is 6.46. The number of aromatic nitrogens is 1. The number of hydrogen-bond donors (Lipinski definition) is 0. The Morgan fingerprint density at radius 2 is 1.02 bits per heavy atom. The van der Waals surface area contributed by atoms with Crippen LogP contribution in [0.5, 0.6) is 0 Å². The average molecular weight is 639 g/mol. The van der Waals surface area contributed by atoms with Crippen LogP contribution in [0.4, 0.5) is 17.1 Å². The number of pyridine rings is 1. The van der Waals surface area contributed by atoms with Crippen molar-refractivity contribution in [2.45, 2.75) is 0 Å². The summed E-state index contributed by atoms with van der Waals surface area (Å²) in [7, 11) is 0. The molecule has 8 aromatic carbocycles. The third kappa shape index (κ3) is 4.71. The first-order chi connectivity index (χ1) is 24.8.